The molecule has 0 aromatic heterocycles. The summed E-state index contributed by atoms with van der Waals surface area (Å²) in [6, 6.07) is 2.19. The first-order valence-corrected chi connectivity index (χ1v) is 4.90. The van der Waals surface area contributed by atoms with E-state index in [1.54, 1.807) is 7.11 Å². The second-order valence-corrected chi connectivity index (χ2v) is 3.67. The average Bonchev–Trinajstić information content (AvgIpc) is 2.15. The summed E-state index contributed by atoms with van der Waals surface area (Å²) in [5.41, 5.74) is 5.13. The second kappa shape index (κ2) is 4.47. The minimum absolute atomic E-state index is 0.914. The molecule has 1 N–H and O–H groups in total. The van der Waals surface area contributed by atoms with Crippen molar-refractivity contribution in [2.75, 3.05) is 14.2 Å². The van der Waals surface area contributed by atoms with Crippen molar-refractivity contribution in [1.29, 1.82) is 0 Å². The third kappa shape index (κ3) is 1.90. The Morgan fingerprint density at radius 3 is 2.36 bits per heavy atom. The van der Waals surface area contributed by atoms with Crippen LogP contribution in [0.1, 0.15) is 22.3 Å². The number of hydrogen-bond acceptors (Lipinski definition) is 2. The molecular weight excluding hydrogens is 174 g/mol. The van der Waals surface area contributed by atoms with E-state index in [9.17, 15) is 0 Å². The van der Waals surface area contributed by atoms with Gasteiger partial charge in [0.25, 0.3) is 0 Å². The molecule has 0 aliphatic rings. The fourth-order valence-corrected chi connectivity index (χ4v) is 1.83. The molecule has 14 heavy (non-hydrogen) atoms. The second-order valence-electron chi connectivity index (χ2n) is 3.67. The number of aryl methyl sites for hydroxylation is 1. The van der Waals surface area contributed by atoms with Crippen LogP contribution in [0.15, 0.2) is 6.07 Å². The van der Waals surface area contributed by atoms with Crippen molar-refractivity contribution in [1.82, 2.24) is 5.32 Å². The summed E-state index contributed by atoms with van der Waals surface area (Å²) < 4.78 is 5.37. The summed E-state index contributed by atoms with van der Waals surface area (Å²) in [5, 5.41) is 3.18. The first-order chi connectivity index (χ1) is 6.61. The number of benzene rings is 1. The quantitative estimate of drug-likeness (QED) is 0.795. The van der Waals surface area contributed by atoms with Crippen molar-refractivity contribution in [2.24, 2.45) is 0 Å². The van der Waals surface area contributed by atoms with Crippen LogP contribution in [0.4, 0.5) is 0 Å². The Morgan fingerprint density at radius 1 is 1.21 bits per heavy atom. The number of methoxy groups -OCH3 is 1. The van der Waals surface area contributed by atoms with E-state index < -0.39 is 0 Å². The van der Waals surface area contributed by atoms with Crippen LogP contribution >= 0.6 is 0 Å². The fourth-order valence-electron chi connectivity index (χ4n) is 1.83. The topological polar surface area (TPSA) is 21.3 Å². The molecule has 0 spiro atoms. The molecule has 0 saturated heterocycles. The molecule has 2 nitrogen and oxygen atoms in total. The Balaban J connectivity index is 3.25. The lowest BCUT2D eigenvalue weighted by Gasteiger charge is -2.15. The van der Waals surface area contributed by atoms with Gasteiger partial charge in [0.1, 0.15) is 5.75 Å². The number of ether oxygens (including phenoxy) is 1. The zero-order valence-electron chi connectivity index (χ0n) is 9.69. The normalized spacial score (nSPS) is 10.4. The molecule has 0 amide bonds. The predicted molar refractivity (Wildman–Crippen MR) is 60.0 cm³/mol. The predicted octanol–water partition coefficient (Wildman–Crippen LogP) is 2.34. The molecule has 0 unspecified atom stereocenters. The van der Waals surface area contributed by atoms with E-state index in [2.05, 4.69) is 32.2 Å². The van der Waals surface area contributed by atoms with Crippen molar-refractivity contribution in [2.45, 2.75) is 27.3 Å². The highest BCUT2D eigenvalue weighted by Gasteiger charge is 2.09. The van der Waals surface area contributed by atoms with Crippen LogP contribution in [0.25, 0.3) is 0 Å². The van der Waals surface area contributed by atoms with Gasteiger partial charge in [-0.2, -0.15) is 0 Å². The summed E-state index contributed by atoms with van der Waals surface area (Å²) in [6.45, 7) is 7.26. The molecule has 0 saturated carbocycles. The summed E-state index contributed by atoms with van der Waals surface area (Å²) in [6.07, 6.45) is 0. The minimum atomic E-state index is 0.914. The van der Waals surface area contributed by atoms with Gasteiger partial charge in [-0.1, -0.05) is 6.07 Å². The van der Waals surface area contributed by atoms with Crippen LogP contribution in [0.5, 0.6) is 5.75 Å². The lowest BCUT2D eigenvalue weighted by molar-refractivity contribution is 0.408. The number of hydrogen-bond donors (Lipinski definition) is 1. The van der Waals surface area contributed by atoms with Gasteiger partial charge in [0.05, 0.1) is 7.11 Å². The van der Waals surface area contributed by atoms with E-state index in [4.69, 9.17) is 4.74 Å². The standard InChI is InChI=1S/C12H19NO/c1-8-6-11(7-13-4)9(2)10(3)12(8)14-5/h6,13H,7H2,1-5H3. The van der Waals surface area contributed by atoms with Gasteiger partial charge >= 0.3 is 0 Å². The summed E-state index contributed by atoms with van der Waals surface area (Å²) >= 11 is 0. The SMILES string of the molecule is CNCc1cc(C)c(OC)c(C)c1C. The van der Waals surface area contributed by atoms with E-state index in [-0.39, 0.29) is 0 Å². The Labute approximate surface area is 86.3 Å². The van der Waals surface area contributed by atoms with Crippen LogP contribution in [-0.2, 0) is 6.54 Å². The zero-order chi connectivity index (χ0) is 10.7. The van der Waals surface area contributed by atoms with E-state index >= 15 is 0 Å². The van der Waals surface area contributed by atoms with Gasteiger partial charge in [0.2, 0.25) is 0 Å². The van der Waals surface area contributed by atoms with E-state index in [1.807, 2.05) is 7.05 Å². The maximum absolute atomic E-state index is 5.37. The largest absolute Gasteiger partial charge is 0.496 e. The number of nitrogens with one attached hydrogen (secondary N) is 1. The lowest BCUT2D eigenvalue weighted by Crippen LogP contribution is -2.08. The highest BCUT2D eigenvalue weighted by Crippen LogP contribution is 2.28. The summed E-state index contributed by atoms with van der Waals surface area (Å²) in [5.74, 6) is 1.02. The fraction of sp³-hybridized carbons (Fsp3) is 0.500. The molecule has 0 fully saturated rings. The molecule has 0 heterocycles. The molecule has 1 rings (SSSR count). The van der Waals surface area contributed by atoms with E-state index in [1.165, 1.54) is 22.3 Å². The van der Waals surface area contributed by atoms with E-state index in [0.717, 1.165) is 12.3 Å². The van der Waals surface area contributed by atoms with Crippen LogP contribution in [-0.4, -0.2) is 14.2 Å². The molecule has 0 aliphatic heterocycles. The summed E-state index contributed by atoms with van der Waals surface area (Å²) in [4.78, 5) is 0. The third-order valence-electron chi connectivity index (χ3n) is 2.71. The van der Waals surface area contributed by atoms with Crippen LogP contribution in [0, 0.1) is 20.8 Å². The molecule has 0 radical (unpaired) electrons. The van der Waals surface area contributed by atoms with Gasteiger partial charge in [0, 0.05) is 6.54 Å². The lowest BCUT2D eigenvalue weighted by atomic mass is 9.98. The number of rotatable bonds is 3. The third-order valence-corrected chi connectivity index (χ3v) is 2.71. The van der Waals surface area contributed by atoms with Crippen LogP contribution in [0.2, 0.25) is 0 Å². The van der Waals surface area contributed by atoms with Crippen molar-refractivity contribution < 1.29 is 4.74 Å². The van der Waals surface area contributed by atoms with Gasteiger partial charge in [-0.05, 0) is 50.1 Å². The highest BCUT2D eigenvalue weighted by atomic mass is 16.5. The van der Waals surface area contributed by atoms with Gasteiger partial charge in [-0.15, -0.1) is 0 Å². The first-order valence-electron chi connectivity index (χ1n) is 4.90. The monoisotopic (exact) mass is 193 g/mol. The summed E-state index contributed by atoms with van der Waals surface area (Å²) in [7, 11) is 3.70. The molecule has 1 aromatic carbocycles. The Bertz CT molecular complexity index is 332. The minimum Gasteiger partial charge on any atom is -0.496 e. The average molecular weight is 193 g/mol. The molecule has 0 bridgehead atoms. The molecule has 0 atom stereocenters. The molecular formula is C12H19NO. The Morgan fingerprint density at radius 2 is 1.86 bits per heavy atom. The van der Waals surface area contributed by atoms with Gasteiger partial charge < -0.3 is 10.1 Å². The maximum atomic E-state index is 5.37. The van der Waals surface area contributed by atoms with Crippen LogP contribution < -0.4 is 10.1 Å². The van der Waals surface area contributed by atoms with Crippen molar-refractivity contribution in [3.05, 3.63) is 28.3 Å². The maximum Gasteiger partial charge on any atom is 0.124 e. The molecule has 0 aliphatic carbocycles. The van der Waals surface area contributed by atoms with Gasteiger partial charge in [0.15, 0.2) is 0 Å². The molecule has 2 heteroatoms. The van der Waals surface area contributed by atoms with Gasteiger partial charge in [-0.25, -0.2) is 0 Å². The Hall–Kier alpha value is -1.02. The van der Waals surface area contributed by atoms with E-state index in [0.29, 0.717) is 0 Å². The molecule has 78 valence electrons. The van der Waals surface area contributed by atoms with Crippen molar-refractivity contribution in [3.63, 3.8) is 0 Å². The smallest absolute Gasteiger partial charge is 0.124 e. The zero-order valence-corrected chi connectivity index (χ0v) is 9.69. The van der Waals surface area contributed by atoms with Gasteiger partial charge in [-0.3, -0.25) is 0 Å². The molecule has 1 aromatic rings. The Kier molecular flexibility index (Phi) is 3.53. The van der Waals surface area contributed by atoms with Crippen LogP contribution in [0.3, 0.4) is 0 Å². The highest BCUT2D eigenvalue weighted by molar-refractivity contribution is 5.48. The van der Waals surface area contributed by atoms with Crippen molar-refractivity contribution in [3.8, 4) is 5.75 Å². The van der Waals surface area contributed by atoms with Crippen molar-refractivity contribution >= 4 is 0 Å². The first kappa shape index (κ1) is 11.1.